The van der Waals surface area contributed by atoms with Crippen LogP contribution in [0.5, 0.6) is 5.75 Å². The molecule has 4 heteroatoms. The minimum atomic E-state index is 0.0310. The van der Waals surface area contributed by atoms with E-state index in [1.165, 1.54) is 5.56 Å². The first kappa shape index (κ1) is 14.9. The maximum atomic E-state index is 11.7. The van der Waals surface area contributed by atoms with Crippen molar-refractivity contribution in [2.45, 2.75) is 12.8 Å². The van der Waals surface area contributed by atoms with E-state index in [-0.39, 0.29) is 5.91 Å². The minimum Gasteiger partial charge on any atom is -0.490 e. The number of carbonyl (C=O) groups excluding carboxylic acids is 1. The Kier molecular flexibility index (Phi) is 5.64. The van der Waals surface area contributed by atoms with E-state index in [2.05, 4.69) is 5.32 Å². The predicted molar refractivity (Wildman–Crippen MR) is 84.1 cm³/mol. The zero-order valence-corrected chi connectivity index (χ0v) is 11.9. The summed E-state index contributed by atoms with van der Waals surface area (Å²) in [7, 11) is 0. The number of hydrogen-bond acceptors (Lipinski definition) is 3. The number of carbonyl (C=O) groups is 1. The van der Waals surface area contributed by atoms with Gasteiger partial charge in [-0.25, -0.2) is 0 Å². The van der Waals surface area contributed by atoms with Crippen molar-refractivity contribution in [2.24, 2.45) is 0 Å². The van der Waals surface area contributed by atoms with Crippen LogP contribution in [0.3, 0.4) is 0 Å². The molecule has 0 saturated carbocycles. The van der Waals surface area contributed by atoms with E-state index in [4.69, 9.17) is 10.5 Å². The fraction of sp³-hybridized carbons (Fsp3) is 0.235. The number of nitrogen functional groups attached to an aromatic ring is 1. The normalized spacial score (nSPS) is 10.1. The van der Waals surface area contributed by atoms with Crippen LogP contribution in [0.15, 0.2) is 54.6 Å². The van der Waals surface area contributed by atoms with Crippen LogP contribution >= 0.6 is 0 Å². The van der Waals surface area contributed by atoms with Crippen LogP contribution in [0.4, 0.5) is 5.69 Å². The van der Waals surface area contributed by atoms with E-state index in [0.29, 0.717) is 31.0 Å². The van der Waals surface area contributed by atoms with Gasteiger partial charge in [0, 0.05) is 6.42 Å². The van der Waals surface area contributed by atoms with Crippen LogP contribution in [0.25, 0.3) is 0 Å². The van der Waals surface area contributed by atoms with Gasteiger partial charge < -0.3 is 15.8 Å². The van der Waals surface area contributed by atoms with Gasteiger partial charge in [0.1, 0.15) is 12.4 Å². The standard InChI is InChI=1S/C17H20N2O2/c18-15-8-4-5-9-16(15)21-13-12-19-17(20)11-10-14-6-2-1-3-7-14/h1-9H,10-13,18H2,(H,19,20). The molecule has 110 valence electrons. The van der Waals surface area contributed by atoms with E-state index in [1.807, 2.05) is 48.5 Å². The molecule has 0 fully saturated rings. The van der Waals surface area contributed by atoms with Gasteiger partial charge in [-0.3, -0.25) is 4.79 Å². The molecule has 0 aliphatic heterocycles. The lowest BCUT2D eigenvalue weighted by Crippen LogP contribution is -2.28. The molecular weight excluding hydrogens is 264 g/mol. The number of ether oxygens (including phenoxy) is 1. The molecule has 0 aliphatic carbocycles. The molecule has 0 atom stereocenters. The first-order valence-electron chi connectivity index (χ1n) is 7.03. The van der Waals surface area contributed by atoms with Gasteiger partial charge in [-0.15, -0.1) is 0 Å². The number of rotatable bonds is 7. The molecule has 21 heavy (non-hydrogen) atoms. The molecule has 4 nitrogen and oxygen atoms in total. The molecule has 1 amide bonds. The van der Waals surface area contributed by atoms with E-state index in [1.54, 1.807) is 6.07 Å². The second-order valence-corrected chi connectivity index (χ2v) is 4.72. The topological polar surface area (TPSA) is 64.3 Å². The summed E-state index contributed by atoms with van der Waals surface area (Å²) >= 11 is 0. The number of hydrogen-bond donors (Lipinski definition) is 2. The van der Waals surface area contributed by atoms with Crippen LogP contribution < -0.4 is 15.8 Å². The Bertz CT molecular complexity index is 570. The summed E-state index contributed by atoms with van der Waals surface area (Å²) in [6, 6.07) is 17.3. The predicted octanol–water partition coefficient (Wildman–Crippen LogP) is 2.40. The van der Waals surface area contributed by atoms with Gasteiger partial charge in [-0.2, -0.15) is 0 Å². The molecule has 0 unspecified atom stereocenters. The first-order chi connectivity index (χ1) is 10.3. The highest BCUT2D eigenvalue weighted by atomic mass is 16.5. The summed E-state index contributed by atoms with van der Waals surface area (Å²) in [4.78, 5) is 11.7. The highest BCUT2D eigenvalue weighted by Crippen LogP contribution is 2.19. The number of nitrogens with one attached hydrogen (secondary N) is 1. The molecule has 0 aromatic heterocycles. The summed E-state index contributed by atoms with van der Waals surface area (Å²) in [5.74, 6) is 0.680. The van der Waals surface area contributed by atoms with Gasteiger partial charge in [0.25, 0.3) is 0 Å². The fourth-order valence-corrected chi connectivity index (χ4v) is 1.95. The van der Waals surface area contributed by atoms with Gasteiger partial charge in [0.2, 0.25) is 5.91 Å². The smallest absolute Gasteiger partial charge is 0.220 e. The molecular formula is C17H20N2O2. The number of nitrogens with two attached hydrogens (primary N) is 1. The summed E-state index contributed by atoms with van der Waals surface area (Å²) in [5.41, 5.74) is 7.53. The quantitative estimate of drug-likeness (QED) is 0.606. The summed E-state index contributed by atoms with van der Waals surface area (Å²) in [5, 5.41) is 2.84. The van der Waals surface area contributed by atoms with Crippen molar-refractivity contribution in [1.82, 2.24) is 5.32 Å². The van der Waals surface area contributed by atoms with Crippen molar-refractivity contribution in [3.63, 3.8) is 0 Å². The maximum Gasteiger partial charge on any atom is 0.220 e. The number of anilines is 1. The molecule has 0 saturated heterocycles. The Hall–Kier alpha value is -2.49. The Morgan fingerprint density at radius 2 is 1.76 bits per heavy atom. The average molecular weight is 284 g/mol. The summed E-state index contributed by atoms with van der Waals surface area (Å²) in [6.45, 7) is 0.882. The molecule has 3 N–H and O–H groups in total. The number of benzene rings is 2. The second kappa shape index (κ2) is 7.94. The third-order valence-corrected chi connectivity index (χ3v) is 3.08. The summed E-state index contributed by atoms with van der Waals surface area (Å²) < 4.78 is 5.51. The molecule has 0 aliphatic rings. The van der Waals surface area contributed by atoms with Crippen LogP contribution in [0.2, 0.25) is 0 Å². The SMILES string of the molecule is Nc1ccccc1OCCNC(=O)CCc1ccccc1. The van der Waals surface area contributed by atoms with Gasteiger partial charge in [0.05, 0.1) is 12.2 Å². The maximum absolute atomic E-state index is 11.7. The van der Waals surface area contributed by atoms with Gasteiger partial charge >= 0.3 is 0 Å². The minimum absolute atomic E-state index is 0.0310. The van der Waals surface area contributed by atoms with Crippen molar-refractivity contribution >= 4 is 11.6 Å². The molecule has 0 bridgehead atoms. The van der Waals surface area contributed by atoms with Crippen molar-refractivity contribution in [2.75, 3.05) is 18.9 Å². The molecule has 2 rings (SSSR count). The van der Waals surface area contributed by atoms with Crippen molar-refractivity contribution < 1.29 is 9.53 Å². The number of aryl methyl sites for hydroxylation is 1. The first-order valence-corrected chi connectivity index (χ1v) is 7.03. The van der Waals surface area contributed by atoms with Crippen LogP contribution in [-0.4, -0.2) is 19.1 Å². The van der Waals surface area contributed by atoms with Gasteiger partial charge in [0.15, 0.2) is 0 Å². The Labute approximate surface area is 124 Å². The van der Waals surface area contributed by atoms with Crippen LogP contribution in [0.1, 0.15) is 12.0 Å². The lowest BCUT2D eigenvalue weighted by molar-refractivity contribution is -0.121. The Balaban J connectivity index is 1.62. The Morgan fingerprint density at radius 3 is 2.52 bits per heavy atom. The highest BCUT2D eigenvalue weighted by Gasteiger charge is 2.02. The number of para-hydroxylation sites is 2. The van der Waals surface area contributed by atoms with Crippen molar-refractivity contribution in [1.29, 1.82) is 0 Å². The second-order valence-electron chi connectivity index (χ2n) is 4.72. The van der Waals surface area contributed by atoms with Crippen LogP contribution in [0, 0.1) is 0 Å². The average Bonchev–Trinajstić information content (AvgIpc) is 2.52. The summed E-state index contributed by atoms with van der Waals surface area (Å²) in [6.07, 6.45) is 1.23. The van der Waals surface area contributed by atoms with E-state index < -0.39 is 0 Å². The molecule has 0 heterocycles. The monoisotopic (exact) mass is 284 g/mol. The largest absolute Gasteiger partial charge is 0.490 e. The fourth-order valence-electron chi connectivity index (χ4n) is 1.95. The lowest BCUT2D eigenvalue weighted by atomic mass is 10.1. The zero-order valence-electron chi connectivity index (χ0n) is 11.9. The third kappa shape index (κ3) is 5.18. The van der Waals surface area contributed by atoms with Gasteiger partial charge in [-0.1, -0.05) is 42.5 Å². The van der Waals surface area contributed by atoms with Crippen molar-refractivity contribution in [3.05, 3.63) is 60.2 Å². The third-order valence-electron chi connectivity index (χ3n) is 3.08. The lowest BCUT2D eigenvalue weighted by Gasteiger charge is -2.09. The molecule has 2 aromatic carbocycles. The zero-order chi connectivity index (χ0) is 14.9. The van der Waals surface area contributed by atoms with E-state index in [9.17, 15) is 4.79 Å². The highest BCUT2D eigenvalue weighted by molar-refractivity contribution is 5.76. The Morgan fingerprint density at radius 1 is 1.05 bits per heavy atom. The molecule has 0 radical (unpaired) electrons. The molecule has 0 spiro atoms. The van der Waals surface area contributed by atoms with E-state index in [0.717, 1.165) is 6.42 Å². The van der Waals surface area contributed by atoms with E-state index >= 15 is 0 Å². The number of amides is 1. The molecule has 2 aromatic rings. The van der Waals surface area contributed by atoms with Gasteiger partial charge in [-0.05, 0) is 24.1 Å². The van der Waals surface area contributed by atoms with Crippen LogP contribution in [-0.2, 0) is 11.2 Å². The van der Waals surface area contributed by atoms with Crippen molar-refractivity contribution in [3.8, 4) is 5.75 Å².